The second-order valence-corrected chi connectivity index (χ2v) is 7.45. The average Bonchev–Trinajstić information content (AvgIpc) is 3.45. The molecule has 3 aromatic rings. The largest absolute Gasteiger partial charge is 0.497 e. The number of benzene rings is 1. The summed E-state index contributed by atoms with van der Waals surface area (Å²) in [5.74, 6) is 0.816. The molecule has 4 rings (SSSR count). The highest BCUT2D eigenvalue weighted by Gasteiger charge is 2.19. The van der Waals surface area contributed by atoms with E-state index < -0.39 is 0 Å². The molecule has 0 bridgehead atoms. The highest BCUT2D eigenvalue weighted by Crippen LogP contribution is 2.28. The Bertz CT molecular complexity index is 1210. The highest BCUT2D eigenvalue weighted by molar-refractivity contribution is 6.12. The minimum atomic E-state index is 0.816. The maximum Gasteiger partial charge on any atom is 0.119 e. The molecule has 0 spiro atoms. The van der Waals surface area contributed by atoms with E-state index in [9.17, 15) is 0 Å². The van der Waals surface area contributed by atoms with Gasteiger partial charge < -0.3 is 20.0 Å². The van der Waals surface area contributed by atoms with Crippen LogP contribution >= 0.6 is 0 Å². The van der Waals surface area contributed by atoms with E-state index in [4.69, 9.17) is 9.73 Å². The lowest BCUT2D eigenvalue weighted by Crippen LogP contribution is -2.00. The van der Waals surface area contributed by atoms with Crippen molar-refractivity contribution < 1.29 is 4.74 Å². The summed E-state index contributed by atoms with van der Waals surface area (Å²) >= 11 is 0. The van der Waals surface area contributed by atoms with E-state index in [0.717, 1.165) is 56.9 Å². The van der Waals surface area contributed by atoms with Crippen molar-refractivity contribution in [1.82, 2.24) is 9.97 Å². The van der Waals surface area contributed by atoms with Crippen molar-refractivity contribution in [2.24, 2.45) is 4.99 Å². The van der Waals surface area contributed by atoms with Crippen molar-refractivity contribution in [3.63, 3.8) is 0 Å². The molecule has 1 aliphatic rings. The van der Waals surface area contributed by atoms with E-state index in [1.165, 1.54) is 5.56 Å². The number of hydrogen-bond donors (Lipinski definition) is 3. The molecular weight excluding hydrogens is 384 g/mol. The molecule has 3 heterocycles. The van der Waals surface area contributed by atoms with Crippen molar-refractivity contribution in [2.45, 2.75) is 13.8 Å². The maximum absolute atomic E-state index is 5.26. The van der Waals surface area contributed by atoms with E-state index >= 15 is 0 Å². The molecule has 0 saturated heterocycles. The molecule has 0 aliphatic carbocycles. The van der Waals surface area contributed by atoms with Crippen molar-refractivity contribution in [2.75, 3.05) is 12.4 Å². The number of nitrogens with zero attached hydrogens (tertiary/aromatic N) is 1. The number of methoxy groups -OCH3 is 1. The van der Waals surface area contributed by atoms with Gasteiger partial charge in [0.15, 0.2) is 0 Å². The average molecular weight is 411 g/mol. The van der Waals surface area contributed by atoms with Crippen LogP contribution in [0.15, 0.2) is 72.0 Å². The third-order valence-electron chi connectivity index (χ3n) is 5.22. The van der Waals surface area contributed by atoms with Crippen molar-refractivity contribution in [3.05, 3.63) is 101 Å². The molecule has 5 heteroatoms. The predicted octanol–water partition coefficient (Wildman–Crippen LogP) is 6.09. The number of aryl methyl sites for hydroxylation is 2. The Balaban J connectivity index is 1.74. The molecule has 5 nitrogen and oxygen atoms in total. The van der Waals surface area contributed by atoms with Gasteiger partial charge in [-0.2, -0.15) is 0 Å². The van der Waals surface area contributed by atoms with Gasteiger partial charge in [0, 0.05) is 22.8 Å². The Hall–Kier alpha value is -3.99. The summed E-state index contributed by atoms with van der Waals surface area (Å²) < 4.78 is 5.26. The highest BCUT2D eigenvalue weighted by atomic mass is 16.5. The maximum atomic E-state index is 5.26. The summed E-state index contributed by atoms with van der Waals surface area (Å²) in [5.41, 5.74) is 9.77. The van der Waals surface area contributed by atoms with Crippen LogP contribution < -0.4 is 10.1 Å². The monoisotopic (exact) mass is 410 g/mol. The first-order valence-corrected chi connectivity index (χ1v) is 10.1. The Morgan fingerprint density at radius 2 is 1.77 bits per heavy atom. The van der Waals surface area contributed by atoms with Crippen molar-refractivity contribution in [1.29, 1.82) is 0 Å². The number of anilines is 1. The minimum absolute atomic E-state index is 0.816. The number of nitrogens with one attached hydrogen (secondary N) is 3. The molecule has 0 fully saturated rings. The quantitative estimate of drug-likeness (QED) is 0.441. The van der Waals surface area contributed by atoms with Crippen LogP contribution in [0.4, 0.5) is 5.69 Å². The number of aromatic nitrogens is 2. The second kappa shape index (κ2) is 8.40. The Kier molecular flexibility index (Phi) is 5.50. The third-order valence-corrected chi connectivity index (χ3v) is 5.22. The zero-order valence-corrected chi connectivity index (χ0v) is 18.0. The fraction of sp³-hybridized carbons (Fsp3) is 0.115. The van der Waals surface area contributed by atoms with Gasteiger partial charge in [-0.3, -0.25) is 0 Å². The summed E-state index contributed by atoms with van der Waals surface area (Å²) in [5, 5.41) is 3.49. The third kappa shape index (κ3) is 4.16. The number of hydrogen-bond acceptors (Lipinski definition) is 3. The Morgan fingerprint density at radius 1 is 1.00 bits per heavy atom. The summed E-state index contributed by atoms with van der Waals surface area (Å²) in [6.45, 7) is 11.9. The van der Waals surface area contributed by atoms with Gasteiger partial charge in [-0.15, -0.1) is 0 Å². The molecule has 3 N–H and O–H groups in total. The first-order valence-electron chi connectivity index (χ1n) is 10.1. The normalized spacial score (nSPS) is 14.4. The van der Waals surface area contributed by atoms with Gasteiger partial charge in [0.25, 0.3) is 0 Å². The molecule has 0 amide bonds. The number of H-pyrrole nitrogens is 2. The number of ether oxygens (including phenoxy) is 1. The van der Waals surface area contributed by atoms with E-state index in [-0.39, 0.29) is 0 Å². The molecule has 0 atom stereocenters. The van der Waals surface area contributed by atoms with Crippen LogP contribution in [-0.2, 0) is 0 Å². The van der Waals surface area contributed by atoms with E-state index in [1.807, 2.05) is 42.5 Å². The summed E-state index contributed by atoms with van der Waals surface area (Å²) in [4.78, 5) is 11.7. The molecule has 0 saturated carbocycles. The summed E-state index contributed by atoms with van der Waals surface area (Å²) in [7, 11) is 1.66. The van der Waals surface area contributed by atoms with Crippen LogP contribution in [0.2, 0.25) is 0 Å². The number of aliphatic imine (C=N–C) groups is 1. The van der Waals surface area contributed by atoms with Gasteiger partial charge in [-0.05, 0) is 79.6 Å². The Labute approximate surface area is 182 Å². The molecule has 31 heavy (non-hydrogen) atoms. The smallest absolute Gasteiger partial charge is 0.119 e. The molecule has 1 aliphatic heterocycles. The molecule has 1 aromatic carbocycles. The first-order chi connectivity index (χ1) is 15.0. The van der Waals surface area contributed by atoms with Crippen LogP contribution in [0.25, 0.3) is 18.2 Å². The SMILES string of the molecule is C=Cc1cc(C2=N/C(=C\c3[nH]c(C)cc3C)C(Nc3ccc(OC)cc3)=C2)[nH]c1C=C. The van der Waals surface area contributed by atoms with Crippen LogP contribution in [0.5, 0.6) is 5.75 Å². The lowest BCUT2D eigenvalue weighted by atomic mass is 10.2. The fourth-order valence-corrected chi connectivity index (χ4v) is 3.61. The van der Waals surface area contributed by atoms with Gasteiger partial charge in [0.1, 0.15) is 5.75 Å². The summed E-state index contributed by atoms with van der Waals surface area (Å²) in [6.07, 6.45) is 7.73. The van der Waals surface area contributed by atoms with Crippen LogP contribution in [0.3, 0.4) is 0 Å². The first kappa shape index (κ1) is 20.3. The van der Waals surface area contributed by atoms with E-state index in [1.54, 1.807) is 13.2 Å². The van der Waals surface area contributed by atoms with Crippen LogP contribution in [-0.4, -0.2) is 22.8 Å². The molecule has 0 unspecified atom stereocenters. The van der Waals surface area contributed by atoms with Gasteiger partial charge in [-0.25, -0.2) is 4.99 Å². The van der Waals surface area contributed by atoms with E-state index in [2.05, 4.69) is 54.4 Å². The minimum Gasteiger partial charge on any atom is -0.497 e. The number of allylic oxidation sites excluding steroid dienone is 1. The standard InChI is InChI=1S/C26H26N4O/c1-6-18-13-23(29-21(18)7-2)26-15-24(28-19-8-10-20(31-5)11-9-19)25(30-26)14-22-16(3)12-17(4)27-22/h6-15,27-29H,1-2H2,3-5H3/b25-14-. The molecule has 0 radical (unpaired) electrons. The summed E-state index contributed by atoms with van der Waals surface area (Å²) in [6, 6.07) is 12.0. The van der Waals surface area contributed by atoms with Gasteiger partial charge >= 0.3 is 0 Å². The Morgan fingerprint density at radius 3 is 2.35 bits per heavy atom. The van der Waals surface area contributed by atoms with Gasteiger partial charge in [0.05, 0.1) is 29.9 Å². The van der Waals surface area contributed by atoms with Gasteiger partial charge in [-0.1, -0.05) is 19.2 Å². The lowest BCUT2D eigenvalue weighted by Gasteiger charge is -2.09. The van der Waals surface area contributed by atoms with Crippen molar-refractivity contribution in [3.8, 4) is 5.75 Å². The van der Waals surface area contributed by atoms with Crippen molar-refractivity contribution >= 4 is 29.6 Å². The molecular formula is C26H26N4O. The van der Waals surface area contributed by atoms with Crippen LogP contribution in [0, 0.1) is 13.8 Å². The molecule has 2 aromatic heterocycles. The predicted molar refractivity (Wildman–Crippen MR) is 130 cm³/mol. The number of aromatic amines is 2. The fourth-order valence-electron chi connectivity index (χ4n) is 3.61. The zero-order chi connectivity index (χ0) is 22.0. The number of rotatable bonds is 7. The lowest BCUT2D eigenvalue weighted by molar-refractivity contribution is 0.415. The van der Waals surface area contributed by atoms with E-state index in [0.29, 0.717) is 0 Å². The second-order valence-electron chi connectivity index (χ2n) is 7.45. The molecule has 156 valence electrons. The zero-order valence-electron chi connectivity index (χ0n) is 18.0. The van der Waals surface area contributed by atoms with Gasteiger partial charge in [0.2, 0.25) is 0 Å². The van der Waals surface area contributed by atoms with Crippen LogP contribution in [0.1, 0.15) is 33.9 Å². The topological polar surface area (TPSA) is 65.2 Å².